The fourth-order valence-electron chi connectivity index (χ4n) is 1.68. The lowest BCUT2D eigenvalue weighted by atomic mass is 10.1. The molecule has 0 radical (unpaired) electrons. The summed E-state index contributed by atoms with van der Waals surface area (Å²) in [6, 6.07) is 6.78. The minimum Gasteiger partial charge on any atom is -0.494 e. The van der Waals surface area contributed by atoms with Crippen LogP contribution in [0.3, 0.4) is 0 Å². The van der Waals surface area contributed by atoms with E-state index in [2.05, 4.69) is 5.32 Å². The van der Waals surface area contributed by atoms with Crippen molar-refractivity contribution in [1.29, 1.82) is 0 Å². The van der Waals surface area contributed by atoms with Gasteiger partial charge < -0.3 is 20.2 Å². The molecule has 5 nitrogen and oxygen atoms in total. The van der Waals surface area contributed by atoms with E-state index in [0.717, 1.165) is 5.56 Å². The van der Waals surface area contributed by atoms with Crippen LogP contribution in [0.1, 0.15) is 22.8 Å². The summed E-state index contributed by atoms with van der Waals surface area (Å²) in [6.07, 6.45) is 3.15. The fraction of sp³-hybridized carbons (Fsp3) is 0.214. The fourth-order valence-corrected chi connectivity index (χ4v) is 1.68. The first-order valence-electron chi connectivity index (χ1n) is 6.01. The molecule has 0 fully saturated rings. The van der Waals surface area contributed by atoms with Crippen LogP contribution < -0.4 is 15.8 Å². The lowest BCUT2D eigenvalue weighted by molar-refractivity contribution is 0.0950. The number of carbonyl (C=O) groups excluding carboxylic acids is 1. The number of rotatable bonds is 5. The number of furan rings is 1. The first kappa shape index (κ1) is 13.0. The number of nitrogens with one attached hydrogen (secondary N) is 1. The molecule has 2 aromatic rings. The van der Waals surface area contributed by atoms with E-state index in [1.165, 1.54) is 0 Å². The van der Waals surface area contributed by atoms with E-state index in [-0.39, 0.29) is 5.91 Å². The highest BCUT2D eigenvalue weighted by atomic mass is 16.5. The van der Waals surface area contributed by atoms with Crippen LogP contribution in [0.15, 0.2) is 41.2 Å². The number of hydrogen-bond donors (Lipinski definition) is 2. The second-order valence-electron chi connectivity index (χ2n) is 4.04. The van der Waals surface area contributed by atoms with Crippen molar-refractivity contribution >= 4 is 11.6 Å². The Balaban J connectivity index is 2.05. The molecule has 0 bridgehead atoms. The van der Waals surface area contributed by atoms with Crippen LogP contribution in [-0.4, -0.2) is 12.5 Å². The average molecular weight is 260 g/mol. The molecule has 1 heterocycles. The molecule has 0 saturated carbocycles. The summed E-state index contributed by atoms with van der Waals surface area (Å²) in [5.41, 5.74) is 7.63. The highest BCUT2D eigenvalue weighted by Gasteiger charge is 2.08. The molecule has 2 rings (SSSR count). The second kappa shape index (κ2) is 5.95. The Bertz CT molecular complexity index is 550. The van der Waals surface area contributed by atoms with E-state index in [1.807, 2.05) is 6.92 Å². The molecule has 0 atom stereocenters. The molecular weight excluding hydrogens is 244 g/mol. The van der Waals surface area contributed by atoms with Gasteiger partial charge in [0.1, 0.15) is 5.75 Å². The number of benzene rings is 1. The maximum absolute atomic E-state index is 12.0. The molecule has 19 heavy (non-hydrogen) atoms. The third-order valence-corrected chi connectivity index (χ3v) is 2.54. The predicted octanol–water partition coefficient (Wildman–Crippen LogP) is 2.19. The van der Waals surface area contributed by atoms with Crippen molar-refractivity contribution < 1.29 is 13.9 Å². The van der Waals surface area contributed by atoms with E-state index >= 15 is 0 Å². The van der Waals surface area contributed by atoms with Crippen molar-refractivity contribution in [2.45, 2.75) is 13.5 Å². The van der Waals surface area contributed by atoms with Gasteiger partial charge in [0.15, 0.2) is 0 Å². The van der Waals surface area contributed by atoms with E-state index in [9.17, 15) is 4.79 Å². The van der Waals surface area contributed by atoms with Crippen LogP contribution in [0, 0.1) is 0 Å². The number of amides is 1. The van der Waals surface area contributed by atoms with E-state index in [1.54, 1.807) is 36.8 Å². The lowest BCUT2D eigenvalue weighted by Gasteiger charge is -2.08. The molecule has 0 aliphatic rings. The van der Waals surface area contributed by atoms with Gasteiger partial charge in [0.2, 0.25) is 0 Å². The Labute approximate surface area is 111 Å². The van der Waals surface area contributed by atoms with Gasteiger partial charge in [0.05, 0.1) is 19.1 Å². The first-order valence-corrected chi connectivity index (χ1v) is 6.01. The van der Waals surface area contributed by atoms with Crippen LogP contribution in [0.25, 0.3) is 0 Å². The molecule has 100 valence electrons. The van der Waals surface area contributed by atoms with Gasteiger partial charge >= 0.3 is 0 Å². The SMILES string of the molecule is CCOc1cc(N)cc(C(=O)NCc2ccoc2)c1. The zero-order chi connectivity index (χ0) is 13.7. The zero-order valence-corrected chi connectivity index (χ0v) is 10.7. The number of carbonyl (C=O) groups is 1. The van der Waals surface area contributed by atoms with Crippen LogP contribution in [0.2, 0.25) is 0 Å². The van der Waals surface area contributed by atoms with Gasteiger partial charge in [-0.1, -0.05) is 0 Å². The van der Waals surface area contributed by atoms with E-state index in [0.29, 0.717) is 30.2 Å². The minimum atomic E-state index is -0.200. The maximum Gasteiger partial charge on any atom is 0.251 e. The van der Waals surface area contributed by atoms with Crippen molar-refractivity contribution in [2.75, 3.05) is 12.3 Å². The predicted molar refractivity (Wildman–Crippen MR) is 71.9 cm³/mol. The summed E-state index contributed by atoms with van der Waals surface area (Å²) in [5, 5.41) is 2.79. The Kier molecular flexibility index (Phi) is 4.07. The van der Waals surface area contributed by atoms with Crippen molar-refractivity contribution in [1.82, 2.24) is 5.32 Å². The van der Waals surface area contributed by atoms with E-state index < -0.39 is 0 Å². The Hall–Kier alpha value is -2.43. The Morgan fingerprint density at radius 1 is 1.42 bits per heavy atom. The van der Waals surface area contributed by atoms with Crippen LogP contribution >= 0.6 is 0 Å². The summed E-state index contributed by atoms with van der Waals surface area (Å²) in [6.45, 7) is 2.81. The van der Waals surface area contributed by atoms with Gasteiger partial charge in [-0.2, -0.15) is 0 Å². The summed E-state index contributed by atoms with van der Waals surface area (Å²) in [5.74, 6) is 0.394. The number of hydrogen-bond acceptors (Lipinski definition) is 4. The number of nitrogen functional groups attached to an aromatic ring is 1. The summed E-state index contributed by atoms with van der Waals surface area (Å²) in [7, 11) is 0. The topological polar surface area (TPSA) is 77.5 Å². The van der Waals surface area contributed by atoms with Crippen LogP contribution in [0.5, 0.6) is 5.75 Å². The van der Waals surface area contributed by atoms with Crippen LogP contribution in [0.4, 0.5) is 5.69 Å². The summed E-state index contributed by atoms with van der Waals surface area (Å²) < 4.78 is 10.3. The summed E-state index contributed by atoms with van der Waals surface area (Å²) >= 11 is 0. The zero-order valence-electron chi connectivity index (χ0n) is 10.7. The molecule has 5 heteroatoms. The number of ether oxygens (including phenoxy) is 1. The third kappa shape index (κ3) is 3.51. The molecule has 0 saturated heterocycles. The largest absolute Gasteiger partial charge is 0.494 e. The molecule has 0 spiro atoms. The van der Waals surface area contributed by atoms with Crippen molar-refractivity contribution in [3.63, 3.8) is 0 Å². The van der Waals surface area contributed by atoms with Gasteiger partial charge in [-0.25, -0.2) is 0 Å². The first-order chi connectivity index (χ1) is 9.19. The maximum atomic E-state index is 12.0. The average Bonchev–Trinajstić information content (AvgIpc) is 2.88. The molecule has 1 amide bonds. The summed E-state index contributed by atoms with van der Waals surface area (Å²) in [4.78, 5) is 12.0. The van der Waals surface area contributed by atoms with Gasteiger partial charge in [-0.05, 0) is 25.1 Å². The molecule has 0 aliphatic heterocycles. The quantitative estimate of drug-likeness (QED) is 0.808. The van der Waals surface area contributed by atoms with Crippen molar-refractivity contribution in [3.05, 3.63) is 47.9 Å². The lowest BCUT2D eigenvalue weighted by Crippen LogP contribution is -2.22. The van der Waals surface area contributed by atoms with Gasteiger partial charge in [0, 0.05) is 29.4 Å². The Morgan fingerprint density at radius 3 is 2.95 bits per heavy atom. The number of anilines is 1. The van der Waals surface area contributed by atoms with E-state index in [4.69, 9.17) is 14.9 Å². The van der Waals surface area contributed by atoms with Crippen molar-refractivity contribution in [2.24, 2.45) is 0 Å². The molecule has 1 aromatic carbocycles. The standard InChI is InChI=1S/C14H16N2O3/c1-2-19-13-6-11(5-12(15)7-13)14(17)16-8-10-3-4-18-9-10/h3-7,9H,2,8,15H2,1H3,(H,16,17). The minimum absolute atomic E-state index is 0.200. The van der Waals surface area contributed by atoms with Crippen molar-refractivity contribution in [3.8, 4) is 5.75 Å². The highest BCUT2D eigenvalue weighted by Crippen LogP contribution is 2.19. The second-order valence-corrected chi connectivity index (χ2v) is 4.04. The Morgan fingerprint density at radius 2 is 2.26 bits per heavy atom. The van der Waals surface area contributed by atoms with Gasteiger partial charge in [0.25, 0.3) is 5.91 Å². The van der Waals surface area contributed by atoms with Crippen LogP contribution in [-0.2, 0) is 6.54 Å². The monoisotopic (exact) mass is 260 g/mol. The number of nitrogens with two attached hydrogens (primary N) is 1. The highest BCUT2D eigenvalue weighted by molar-refractivity contribution is 5.95. The molecular formula is C14H16N2O3. The normalized spacial score (nSPS) is 10.2. The molecule has 0 unspecified atom stereocenters. The molecule has 1 aromatic heterocycles. The van der Waals surface area contributed by atoms with Gasteiger partial charge in [-0.15, -0.1) is 0 Å². The smallest absolute Gasteiger partial charge is 0.251 e. The third-order valence-electron chi connectivity index (χ3n) is 2.54. The molecule has 0 aliphatic carbocycles. The van der Waals surface area contributed by atoms with Gasteiger partial charge in [-0.3, -0.25) is 4.79 Å². The molecule has 3 N–H and O–H groups in total.